The van der Waals surface area contributed by atoms with Gasteiger partial charge in [-0.2, -0.15) is 4.98 Å². The minimum absolute atomic E-state index is 0.0760. The van der Waals surface area contributed by atoms with Crippen molar-refractivity contribution in [3.8, 4) is 17.2 Å². The summed E-state index contributed by atoms with van der Waals surface area (Å²) < 4.78 is 16.0. The van der Waals surface area contributed by atoms with Crippen molar-refractivity contribution in [2.45, 2.75) is 33.4 Å². The van der Waals surface area contributed by atoms with Crippen molar-refractivity contribution >= 4 is 6.09 Å². The summed E-state index contributed by atoms with van der Waals surface area (Å²) in [6, 6.07) is 7.68. The first kappa shape index (κ1) is 19.2. The minimum atomic E-state index is -0.249. The molecule has 0 aliphatic carbocycles. The lowest BCUT2D eigenvalue weighted by atomic mass is 10.2. The van der Waals surface area contributed by atoms with E-state index < -0.39 is 0 Å². The van der Waals surface area contributed by atoms with Gasteiger partial charge in [-0.15, -0.1) is 0 Å². The number of nitrogens with zero attached hydrogens (tertiary/aromatic N) is 4. The van der Waals surface area contributed by atoms with Gasteiger partial charge in [0.15, 0.2) is 5.82 Å². The lowest BCUT2D eigenvalue weighted by molar-refractivity contribution is 0.0510. The molecular weight excluding hydrogens is 348 g/mol. The molecule has 1 atom stereocenters. The second kappa shape index (κ2) is 8.85. The maximum atomic E-state index is 11.9. The first-order valence-electron chi connectivity index (χ1n) is 9.32. The molecule has 1 aliphatic rings. The highest BCUT2D eigenvalue weighted by atomic mass is 16.6. The Hall–Kier alpha value is -2.61. The van der Waals surface area contributed by atoms with Crippen molar-refractivity contribution in [2.75, 3.05) is 32.8 Å². The zero-order valence-electron chi connectivity index (χ0n) is 16.1. The molecule has 0 saturated carbocycles. The van der Waals surface area contributed by atoms with Crippen molar-refractivity contribution in [2.24, 2.45) is 0 Å². The number of amides is 1. The molecule has 1 aliphatic heterocycles. The number of aromatic nitrogens is 2. The fourth-order valence-electron chi connectivity index (χ4n) is 3.18. The summed E-state index contributed by atoms with van der Waals surface area (Å²) in [5.74, 6) is 1.88. The molecule has 1 amide bonds. The van der Waals surface area contributed by atoms with Gasteiger partial charge in [0.2, 0.25) is 0 Å². The Morgan fingerprint density at radius 2 is 2.15 bits per heavy atom. The molecule has 3 rings (SSSR count). The Kier molecular flexibility index (Phi) is 6.28. The number of ether oxygens (including phenoxy) is 2. The average molecular weight is 374 g/mol. The summed E-state index contributed by atoms with van der Waals surface area (Å²) in [4.78, 5) is 20.4. The van der Waals surface area contributed by atoms with E-state index in [0.29, 0.717) is 38.0 Å². The molecule has 1 saturated heterocycles. The SMILES string of the molecule is CCOC(=O)N1CCN(Cc2noc(-c3cccc(OCC)c3)n2)CC1C. The Morgan fingerprint density at radius 3 is 2.89 bits per heavy atom. The van der Waals surface area contributed by atoms with Crippen molar-refractivity contribution < 1.29 is 18.8 Å². The van der Waals surface area contributed by atoms with Gasteiger partial charge in [0, 0.05) is 31.2 Å². The van der Waals surface area contributed by atoms with Crippen LogP contribution in [0.25, 0.3) is 11.5 Å². The minimum Gasteiger partial charge on any atom is -0.494 e. The van der Waals surface area contributed by atoms with Crippen LogP contribution in [0.2, 0.25) is 0 Å². The highest BCUT2D eigenvalue weighted by Crippen LogP contribution is 2.23. The van der Waals surface area contributed by atoms with Crippen molar-refractivity contribution in [3.05, 3.63) is 30.1 Å². The number of carbonyl (C=O) groups excluding carboxylic acids is 1. The van der Waals surface area contributed by atoms with Gasteiger partial charge in [-0.3, -0.25) is 4.90 Å². The van der Waals surface area contributed by atoms with Crippen molar-refractivity contribution in [3.63, 3.8) is 0 Å². The second-order valence-corrected chi connectivity index (χ2v) is 6.45. The lowest BCUT2D eigenvalue weighted by Gasteiger charge is -2.38. The summed E-state index contributed by atoms with van der Waals surface area (Å²) in [6.07, 6.45) is -0.249. The Bertz CT molecular complexity index is 764. The Labute approximate surface area is 159 Å². The molecule has 2 heterocycles. The molecule has 8 heteroatoms. The maximum Gasteiger partial charge on any atom is 0.410 e. The van der Waals surface area contributed by atoms with Crippen LogP contribution in [0, 0.1) is 0 Å². The molecular formula is C19H26N4O4. The molecule has 8 nitrogen and oxygen atoms in total. The van der Waals surface area contributed by atoms with Gasteiger partial charge >= 0.3 is 6.09 Å². The molecule has 146 valence electrons. The van der Waals surface area contributed by atoms with Gasteiger partial charge in [-0.1, -0.05) is 11.2 Å². The molecule has 27 heavy (non-hydrogen) atoms. The third-order valence-electron chi connectivity index (χ3n) is 4.44. The fourth-order valence-corrected chi connectivity index (χ4v) is 3.18. The molecule has 1 aromatic heterocycles. The van der Waals surface area contributed by atoms with Crippen LogP contribution in [0.4, 0.5) is 4.79 Å². The van der Waals surface area contributed by atoms with Crippen LogP contribution >= 0.6 is 0 Å². The summed E-state index contributed by atoms with van der Waals surface area (Å²) >= 11 is 0. The van der Waals surface area contributed by atoms with E-state index >= 15 is 0 Å². The van der Waals surface area contributed by atoms with E-state index in [1.807, 2.05) is 45.0 Å². The third-order valence-corrected chi connectivity index (χ3v) is 4.44. The summed E-state index contributed by atoms with van der Waals surface area (Å²) in [6.45, 7) is 9.46. The second-order valence-electron chi connectivity index (χ2n) is 6.45. The van der Waals surface area contributed by atoms with Crippen LogP contribution in [0.5, 0.6) is 5.75 Å². The van der Waals surface area contributed by atoms with Crippen LogP contribution < -0.4 is 4.74 Å². The zero-order valence-corrected chi connectivity index (χ0v) is 16.1. The predicted octanol–water partition coefficient (Wildman–Crippen LogP) is 2.80. The highest BCUT2D eigenvalue weighted by molar-refractivity contribution is 5.68. The van der Waals surface area contributed by atoms with E-state index in [4.69, 9.17) is 14.0 Å². The van der Waals surface area contributed by atoms with Crippen molar-refractivity contribution in [1.82, 2.24) is 19.9 Å². The fraction of sp³-hybridized carbons (Fsp3) is 0.526. The smallest absolute Gasteiger partial charge is 0.410 e. The van der Waals surface area contributed by atoms with E-state index in [9.17, 15) is 4.79 Å². The van der Waals surface area contributed by atoms with Gasteiger partial charge < -0.3 is 18.9 Å². The van der Waals surface area contributed by atoms with Crippen molar-refractivity contribution in [1.29, 1.82) is 0 Å². The first-order valence-corrected chi connectivity index (χ1v) is 9.32. The molecule has 0 bridgehead atoms. The number of hydrogen-bond acceptors (Lipinski definition) is 7. The molecule has 1 unspecified atom stereocenters. The summed E-state index contributed by atoms with van der Waals surface area (Å²) in [5, 5.41) is 4.10. The van der Waals surface area contributed by atoms with Gasteiger partial charge in [-0.25, -0.2) is 4.79 Å². The standard InChI is InChI=1S/C19H26N4O4/c1-4-25-16-8-6-7-15(11-16)18-20-17(21-27-18)13-22-9-10-23(14(3)12-22)19(24)26-5-2/h6-8,11,14H,4-5,9-10,12-13H2,1-3H3. The third kappa shape index (κ3) is 4.77. The zero-order chi connectivity index (χ0) is 19.2. The Balaban J connectivity index is 1.60. The van der Waals surface area contributed by atoms with Crippen LogP contribution in [-0.4, -0.2) is 64.9 Å². The predicted molar refractivity (Wildman–Crippen MR) is 99.4 cm³/mol. The first-order chi connectivity index (χ1) is 13.1. The van der Waals surface area contributed by atoms with Crippen LogP contribution in [0.1, 0.15) is 26.6 Å². The Morgan fingerprint density at radius 1 is 1.30 bits per heavy atom. The molecule has 0 N–H and O–H groups in total. The number of rotatable bonds is 6. The average Bonchev–Trinajstić information content (AvgIpc) is 3.11. The van der Waals surface area contributed by atoms with Gasteiger partial charge in [0.25, 0.3) is 5.89 Å². The van der Waals surface area contributed by atoms with E-state index in [0.717, 1.165) is 24.4 Å². The van der Waals surface area contributed by atoms with Gasteiger partial charge in [0.1, 0.15) is 5.75 Å². The quantitative estimate of drug-likeness (QED) is 0.769. The molecule has 2 aromatic rings. The van der Waals surface area contributed by atoms with E-state index in [1.54, 1.807) is 4.90 Å². The molecule has 1 fully saturated rings. The van der Waals surface area contributed by atoms with Crippen LogP contribution in [0.3, 0.4) is 0 Å². The number of piperazine rings is 1. The monoisotopic (exact) mass is 374 g/mol. The van der Waals surface area contributed by atoms with E-state index in [2.05, 4.69) is 15.0 Å². The number of hydrogen-bond donors (Lipinski definition) is 0. The van der Waals surface area contributed by atoms with E-state index in [-0.39, 0.29) is 12.1 Å². The van der Waals surface area contributed by atoms with Gasteiger partial charge in [-0.05, 0) is 39.0 Å². The number of benzene rings is 1. The van der Waals surface area contributed by atoms with Gasteiger partial charge in [0.05, 0.1) is 19.8 Å². The van der Waals surface area contributed by atoms with Crippen LogP contribution in [-0.2, 0) is 11.3 Å². The molecule has 0 radical (unpaired) electrons. The summed E-state index contributed by atoms with van der Waals surface area (Å²) in [5.41, 5.74) is 0.834. The highest BCUT2D eigenvalue weighted by Gasteiger charge is 2.29. The topological polar surface area (TPSA) is 80.9 Å². The maximum absolute atomic E-state index is 11.9. The van der Waals surface area contributed by atoms with E-state index in [1.165, 1.54) is 0 Å². The number of carbonyl (C=O) groups is 1. The largest absolute Gasteiger partial charge is 0.494 e. The normalized spacial score (nSPS) is 17.7. The van der Waals surface area contributed by atoms with Crippen LogP contribution in [0.15, 0.2) is 28.8 Å². The summed E-state index contributed by atoms with van der Waals surface area (Å²) in [7, 11) is 0. The molecule has 1 aromatic carbocycles. The lowest BCUT2D eigenvalue weighted by Crippen LogP contribution is -2.53. The molecule has 0 spiro atoms.